The van der Waals surface area contributed by atoms with Crippen LogP contribution in [0.15, 0.2) is 12.4 Å². The number of aryl methyl sites for hydroxylation is 1. The molecule has 0 aliphatic carbocycles. The molecule has 1 heterocycles. The van der Waals surface area contributed by atoms with E-state index in [0.717, 1.165) is 18.3 Å². The average Bonchev–Trinajstić information content (AvgIpc) is 2.80. The molecule has 4 nitrogen and oxygen atoms in total. The van der Waals surface area contributed by atoms with Crippen LogP contribution >= 0.6 is 0 Å². The monoisotopic (exact) mass is 266 g/mol. The van der Waals surface area contributed by atoms with E-state index in [1.807, 2.05) is 19.4 Å². The normalized spacial score (nSPS) is 15.2. The summed E-state index contributed by atoms with van der Waals surface area (Å²) in [6, 6.07) is 0.870. The van der Waals surface area contributed by atoms with E-state index in [2.05, 4.69) is 54.6 Å². The summed E-state index contributed by atoms with van der Waals surface area (Å²) >= 11 is 0. The van der Waals surface area contributed by atoms with E-state index in [4.69, 9.17) is 0 Å². The number of nitrogens with zero attached hydrogens (tertiary/aromatic N) is 3. The smallest absolute Gasteiger partial charge is 0.125 e. The third-order valence-electron chi connectivity index (χ3n) is 4.14. The Morgan fingerprint density at radius 1 is 1.32 bits per heavy atom. The van der Waals surface area contributed by atoms with Gasteiger partial charge in [-0.1, -0.05) is 26.7 Å². The van der Waals surface area contributed by atoms with Gasteiger partial charge in [-0.05, 0) is 26.9 Å². The van der Waals surface area contributed by atoms with Gasteiger partial charge in [-0.25, -0.2) is 4.98 Å². The highest BCUT2D eigenvalue weighted by Gasteiger charge is 2.21. The van der Waals surface area contributed by atoms with E-state index >= 15 is 0 Å². The molecular weight excluding hydrogens is 236 g/mol. The van der Waals surface area contributed by atoms with Gasteiger partial charge in [-0.15, -0.1) is 0 Å². The Balaban J connectivity index is 2.59. The summed E-state index contributed by atoms with van der Waals surface area (Å²) in [5.41, 5.74) is 0. The van der Waals surface area contributed by atoms with Crippen molar-refractivity contribution < 1.29 is 0 Å². The lowest BCUT2D eigenvalue weighted by molar-refractivity contribution is 0.189. The molecule has 0 spiro atoms. The summed E-state index contributed by atoms with van der Waals surface area (Å²) in [6.07, 6.45) is 6.32. The minimum absolute atomic E-state index is 0.289. The Kier molecular flexibility index (Phi) is 6.52. The molecule has 0 bridgehead atoms. The first-order valence-electron chi connectivity index (χ1n) is 7.38. The van der Waals surface area contributed by atoms with Crippen LogP contribution in [0.5, 0.6) is 0 Å². The number of hydrogen-bond donors (Lipinski definition) is 1. The summed E-state index contributed by atoms with van der Waals surface area (Å²) in [5, 5.41) is 3.63. The van der Waals surface area contributed by atoms with Crippen LogP contribution in [0, 0.1) is 5.92 Å². The Morgan fingerprint density at radius 2 is 1.95 bits per heavy atom. The van der Waals surface area contributed by atoms with Crippen molar-refractivity contribution in [3.8, 4) is 0 Å². The van der Waals surface area contributed by atoms with Gasteiger partial charge in [-0.2, -0.15) is 0 Å². The summed E-state index contributed by atoms with van der Waals surface area (Å²) in [6.45, 7) is 7.76. The molecule has 0 saturated heterocycles. The predicted octanol–water partition coefficient (Wildman–Crippen LogP) is 2.44. The van der Waals surface area contributed by atoms with Crippen molar-refractivity contribution in [2.24, 2.45) is 13.0 Å². The molecule has 4 heteroatoms. The summed E-state index contributed by atoms with van der Waals surface area (Å²) in [7, 11) is 6.40. The number of nitrogens with one attached hydrogen (secondary N) is 1. The number of hydrogen-bond acceptors (Lipinski definition) is 3. The molecule has 1 aromatic heterocycles. The fourth-order valence-electron chi connectivity index (χ4n) is 2.79. The summed E-state index contributed by atoms with van der Waals surface area (Å²) in [4.78, 5) is 6.75. The molecule has 0 amide bonds. The van der Waals surface area contributed by atoms with Gasteiger partial charge in [-0.3, -0.25) is 0 Å². The third kappa shape index (κ3) is 4.32. The molecule has 0 aliphatic rings. The predicted molar refractivity (Wildman–Crippen MR) is 81.2 cm³/mol. The number of rotatable bonds is 8. The molecule has 0 radical (unpaired) electrons. The van der Waals surface area contributed by atoms with Crippen LogP contribution in [0.25, 0.3) is 0 Å². The van der Waals surface area contributed by atoms with Crippen LogP contribution in [0.4, 0.5) is 0 Å². The molecular formula is C15H30N4. The van der Waals surface area contributed by atoms with Crippen LogP contribution in [0.2, 0.25) is 0 Å². The van der Waals surface area contributed by atoms with E-state index in [9.17, 15) is 0 Å². The van der Waals surface area contributed by atoms with Gasteiger partial charge in [0.25, 0.3) is 0 Å². The number of aromatic nitrogens is 2. The molecule has 19 heavy (non-hydrogen) atoms. The average molecular weight is 266 g/mol. The lowest BCUT2D eigenvalue weighted by Crippen LogP contribution is -2.43. The molecule has 1 rings (SSSR count). The first kappa shape index (κ1) is 16.2. The summed E-state index contributed by atoms with van der Waals surface area (Å²) < 4.78 is 2.08. The van der Waals surface area contributed by atoms with Crippen LogP contribution in [-0.2, 0) is 7.05 Å². The first-order valence-corrected chi connectivity index (χ1v) is 7.38. The molecule has 0 fully saturated rings. The zero-order valence-electron chi connectivity index (χ0n) is 13.3. The van der Waals surface area contributed by atoms with E-state index in [1.165, 1.54) is 12.8 Å². The van der Waals surface area contributed by atoms with Crippen LogP contribution < -0.4 is 5.32 Å². The second kappa shape index (κ2) is 7.65. The highest BCUT2D eigenvalue weighted by molar-refractivity contribution is 4.97. The Hall–Kier alpha value is -0.870. The van der Waals surface area contributed by atoms with Gasteiger partial charge < -0.3 is 14.8 Å². The zero-order chi connectivity index (χ0) is 14.4. The molecule has 0 aromatic carbocycles. The van der Waals surface area contributed by atoms with Crippen molar-refractivity contribution in [3.63, 3.8) is 0 Å². The van der Waals surface area contributed by atoms with Crippen molar-refractivity contribution >= 4 is 0 Å². The largest absolute Gasteiger partial charge is 0.337 e. The fraction of sp³-hybridized carbons (Fsp3) is 0.800. The van der Waals surface area contributed by atoms with Gasteiger partial charge in [0, 0.05) is 32.0 Å². The van der Waals surface area contributed by atoms with Crippen LogP contribution in [0.1, 0.15) is 45.5 Å². The van der Waals surface area contributed by atoms with Gasteiger partial charge >= 0.3 is 0 Å². The Morgan fingerprint density at radius 3 is 2.37 bits per heavy atom. The Bertz CT molecular complexity index is 355. The molecule has 0 aliphatic heterocycles. The van der Waals surface area contributed by atoms with Crippen molar-refractivity contribution in [2.75, 3.05) is 20.6 Å². The van der Waals surface area contributed by atoms with E-state index in [1.54, 1.807) is 0 Å². The van der Waals surface area contributed by atoms with Crippen molar-refractivity contribution in [2.45, 2.75) is 45.7 Å². The van der Waals surface area contributed by atoms with E-state index < -0.39 is 0 Å². The maximum Gasteiger partial charge on any atom is 0.125 e. The zero-order valence-corrected chi connectivity index (χ0v) is 13.3. The SMILES string of the molecule is CCC(CC)C(CNC(C)c1nccn1C)N(C)C. The van der Waals surface area contributed by atoms with Gasteiger partial charge in [0.05, 0.1) is 6.04 Å². The molecule has 1 N–H and O–H groups in total. The van der Waals surface area contributed by atoms with Crippen LogP contribution in [0.3, 0.4) is 0 Å². The van der Waals surface area contributed by atoms with Crippen molar-refractivity contribution in [1.29, 1.82) is 0 Å². The standard InChI is InChI=1S/C15H30N4/c1-7-13(8-2)14(18(4)5)11-17-12(3)15-16-9-10-19(15)6/h9-10,12-14,17H,7-8,11H2,1-6H3. The quantitative estimate of drug-likeness (QED) is 0.784. The van der Waals surface area contributed by atoms with Gasteiger partial charge in [0.2, 0.25) is 0 Å². The fourth-order valence-corrected chi connectivity index (χ4v) is 2.79. The minimum atomic E-state index is 0.289. The van der Waals surface area contributed by atoms with Crippen LogP contribution in [-0.4, -0.2) is 41.1 Å². The third-order valence-corrected chi connectivity index (χ3v) is 4.14. The topological polar surface area (TPSA) is 33.1 Å². The molecule has 0 saturated carbocycles. The molecule has 110 valence electrons. The highest BCUT2D eigenvalue weighted by atomic mass is 15.1. The van der Waals surface area contributed by atoms with E-state index in [-0.39, 0.29) is 6.04 Å². The lowest BCUT2D eigenvalue weighted by Gasteiger charge is -2.32. The number of likely N-dealkylation sites (N-methyl/N-ethyl adjacent to an activating group) is 1. The minimum Gasteiger partial charge on any atom is -0.337 e. The maximum absolute atomic E-state index is 4.41. The highest BCUT2D eigenvalue weighted by Crippen LogP contribution is 2.17. The first-order chi connectivity index (χ1) is 9.01. The second-order valence-electron chi connectivity index (χ2n) is 5.63. The molecule has 2 unspecified atom stereocenters. The van der Waals surface area contributed by atoms with Gasteiger partial charge in [0.1, 0.15) is 5.82 Å². The van der Waals surface area contributed by atoms with Crippen molar-refractivity contribution in [3.05, 3.63) is 18.2 Å². The number of imidazole rings is 1. The molecule has 1 aromatic rings. The van der Waals surface area contributed by atoms with Crippen molar-refractivity contribution in [1.82, 2.24) is 19.8 Å². The van der Waals surface area contributed by atoms with E-state index in [0.29, 0.717) is 6.04 Å². The van der Waals surface area contributed by atoms with Gasteiger partial charge in [0.15, 0.2) is 0 Å². The second-order valence-corrected chi connectivity index (χ2v) is 5.63. The Labute approximate surface area is 118 Å². The lowest BCUT2D eigenvalue weighted by atomic mass is 9.93. The summed E-state index contributed by atoms with van der Waals surface area (Å²) in [5.74, 6) is 1.85. The maximum atomic E-state index is 4.41. The molecule has 2 atom stereocenters.